The third-order valence-electron chi connectivity index (χ3n) is 2.67. The number of rotatable bonds is 3. The van der Waals surface area contributed by atoms with E-state index in [1.54, 1.807) is 25.1 Å². The molecule has 2 heteroatoms. The van der Waals surface area contributed by atoms with E-state index in [4.69, 9.17) is 4.74 Å². The number of hydrogen-bond acceptors (Lipinski definition) is 1. The maximum Gasteiger partial charge on any atom is 0.167 e. The molecule has 0 aliphatic carbocycles. The number of benzene rings is 2. The van der Waals surface area contributed by atoms with E-state index in [0.717, 1.165) is 5.56 Å². The highest BCUT2D eigenvalue weighted by molar-refractivity contribution is 5.30. The van der Waals surface area contributed by atoms with Gasteiger partial charge in [0.2, 0.25) is 0 Å². The molecule has 0 aromatic heterocycles. The molecule has 0 aliphatic rings. The van der Waals surface area contributed by atoms with E-state index in [2.05, 4.69) is 0 Å². The quantitative estimate of drug-likeness (QED) is 0.773. The van der Waals surface area contributed by atoms with Gasteiger partial charge >= 0.3 is 0 Å². The first kappa shape index (κ1) is 11.6. The summed E-state index contributed by atoms with van der Waals surface area (Å²) < 4.78 is 19.1. The van der Waals surface area contributed by atoms with Crippen LogP contribution < -0.4 is 4.74 Å². The maximum atomic E-state index is 13.6. The van der Waals surface area contributed by atoms with E-state index < -0.39 is 0 Å². The second-order valence-electron chi connectivity index (χ2n) is 4.16. The van der Waals surface area contributed by atoms with Crippen molar-refractivity contribution < 1.29 is 9.13 Å². The topological polar surface area (TPSA) is 9.23 Å². The molecule has 0 unspecified atom stereocenters. The lowest BCUT2D eigenvalue weighted by Gasteiger charge is -2.08. The van der Waals surface area contributed by atoms with Gasteiger partial charge in [0.1, 0.15) is 6.61 Å². The molecule has 0 N–H and O–H groups in total. The maximum absolute atomic E-state index is 13.6. The van der Waals surface area contributed by atoms with E-state index in [-0.39, 0.29) is 5.82 Å². The summed E-state index contributed by atoms with van der Waals surface area (Å²) in [7, 11) is 0. The van der Waals surface area contributed by atoms with Gasteiger partial charge in [-0.05, 0) is 31.0 Å². The predicted octanol–water partition coefficient (Wildman–Crippen LogP) is 4.02. The first-order chi connectivity index (χ1) is 8.16. The van der Waals surface area contributed by atoms with Crippen molar-refractivity contribution >= 4 is 0 Å². The van der Waals surface area contributed by atoms with Crippen molar-refractivity contribution in [3.8, 4) is 5.75 Å². The molecule has 0 spiro atoms. The van der Waals surface area contributed by atoms with Crippen molar-refractivity contribution in [2.24, 2.45) is 0 Å². The Morgan fingerprint density at radius 2 is 1.71 bits per heavy atom. The molecule has 0 aliphatic heterocycles. The summed E-state index contributed by atoms with van der Waals surface area (Å²) in [5, 5.41) is 0. The van der Waals surface area contributed by atoms with Crippen LogP contribution in [0.5, 0.6) is 5.75 Å². The average molecular weight is 230 g/mol. The van der Waals surface area contributed by atoms with Gasteiger partial charge in [0.25, 0.3) is 0 Å². The molecule has 0 amide bonds. The van der Waals surface area contributed by atoms with E-state index in [9.17, 15) is 4.39 Å². The third kappa shape index (κ3) is 2.84. The van der Waals surface area contributed by atoms with Crippen molar-refractivity contribution in [2.75, 3.05) is 0 Å². The standard InChI is InChI=1S/C15H15FO/c1-11-6-8-13(9-7-11)10-17-14-5-3-4-12(2)15(14)16/h3-9H,10H2,1-2H3. The van der Waals surface area contributed by atoms with Gasteiger partial charge in [0.05, 0.1) is 0 Å². The van der Waals surface area contributed by atoms with Crippen LogP contribution in [0.15, 0.2) is 42.5 Å². The summed E-state index contributed by atoms with van der Waals surface area (Å²) in [6, 6.07) is 13.2. The summed E-state index contributed by atoms with van der Waals surface area (Å²) >= 11 is 0. The summed E-state index contributed by atoms with van der Waals surface area (Å²) in [5.74, 6) is 0.0326. The molecule has 0 saturated carbocycles. The highest BCUT2D eigenvalue weighted by Gasteiger charge is 2.05. The van der Waals surface area contributed by atoms with Gasteiger partial charge in [-0.3, -0.25) is 0 Å². The van der Waals surface area contributed by atoms with Crippen LogP contribution in [0.25, 0.3) is 0 Å². The lowest BCUT2D eigenvalue weighted by molar-refractivity contribution is 0.289. The molecule has 1 nitrogen and oxygen atoms in total. The van der Waals surface area contributed by atoms with Crippen molar-refractivity contribution in [3.05, 3.63) is 65.0 Å². The van der Waals surface area contributed by atoms with Crippen molar-refractivity contribution in [2.45, 2.75) is 20.5 Å². The molecular formula is C15H15FO. The Kier molecular flexibility index (Phi) is 3.43. The first-order valence-electron chi connectivity index (χ1n) is 5.60. The van der Waals surface area contributed by atoms with Crippen LogP contribution in [0.2, 0.25) is 0 Å². The van der Waals surface area contributed by atoms with Gasteiger partial charge in [-0.25, -0.2) is 4.39 Å². The highest BCUT2D eigenvalue weighted by atomic mass is 19.1. The molecule has 0 fully saturated rings. The smallest absolute Gasteiger partial charge is 0.167 e. The number of ether oxygens (including phenoxy) is 1. The van der Waals surface area contributed by atoms with E-state index in [1.165, 1.54) is 5.56 Å². The zero-order valence-corrected chi connectivity index (χ0v) is 10.0. The van der Waals surface area contributed by atoms with Crippen LogP contribution >= 0.6 is 0 Å². The molecule has 2 aromatic rings. The highest BCUT2D eigenvalue weighted by Crippen LogP contribution is 2.20. The zero-order chi connectivity index (χ0) is 12.3. The summed E-state index contributed by atoms with van der Waals surface area (Å²) in [6.45, 7) is 4.15. The summed E-state index contributed by atoms with van der Waals surface area (Å²) in [5.41, 5.74) is 2.85. The minimum atomic E-state index is -0.278. The number of halogens is 1. The molecule has 2 aromatic carbocycles. The summed E-state index contributed by atoms with van der Waals surface area (Å²) in [6.07, 6.45) is 0. The molecule has 0 radical (unpaired) electrons. The van der Waals surface area contributed by atoms with Gasteiger partial charge < -0.3 is 4.74 Å². The second kappa shape index (κ2) is 5.00. The van der Waals surface area contributed by atoms with Crippen molar-refractivity contribution in [1.29, 1.82) is 0 Å². The van der Waals surface area contributed by atoms with Gasteiger partial charge in [-0.1, -0.05) is 42.0 Å². The van der Waals surface area contributed by atoms with Crippen molar-refractivity contribution in [3.63, 3.8) is 0 Å². The number of hydrogen-bond donors (Lipinski definition) is 0. The van der Waals surface area contributed by atoms with Crippen LogP contribution in [0, 0.1) is 19.7 Å². The molecular weight excluding hydrogens is 215 g/mol. The monoisotopic (exact) mass is 230 g/mol. The Morgan fingerprint density at radius 3 is 2.41 bits per heavy atom. The van der Waals surface area contributed by atoms with Crippen LogP contribution in [0.1, 0.15) is 16.7 Å². The van der Waals surface area contributed by atoms with E-state index in [1.807, 2.05) is 31.2 Å². The lowest BCUT2D eigenvalue weighted by atomic mass is 10.2. The van der Waals surface area contributed by atoms with Crippen LogP contribution in [-0.2, 0) is 6.61 Å². The molecule has 0 atom stereocenters. The molecule has 0 saturated heterocycles. The Bertz CT molecular complexity index is 503. The normalized spacial score (nSPS) is 10.3. The Hall–Kier alpha value is -1.83. The van der Waals surface area contributed by atoms with Gasteiger partial charge in [0.15, 0.2) is 11.6 Å². The van der Waals surface area contributed by atoms with E-state index >= 15 is 0 Å². The summed E-state index contributed by atoms with van der Waals surface area (Å²) in [4.78, 5) is 0. The molecule has 0 heterocycles. The molecule has 2 rings (SSSR count). The lowest BCUT2D eigenvalue weighted by Crippen LogP contribution is -1.98. The zero-order valence-electron chi connectivity index (χ0n) is 10.0. The molecule has 88 valence electrons. The van der Waals surface area contributed by atoms with E-state index in [0.29, 0.717) is 17.9 Å². The second-order valence-corrected chi connectivity index (χ2v) is 4.16. The van der Waals surface area contributed by atoms with Crippen LogP contribution in [0.3, 0.4) is 0 Å². The molecule has 17 heavy (non-hydrogen) atoms. The number of aryl methyl sites for hydroxylation is 2. The van der Waals surface area contributed by atoms with Crippen LogP contribution in [-0.4, -0.2) is 0 Å². The Morgan fingerprint density at radius 1 is 1.00 bits per heavy atom. The largest absolute Gasteiger partial charge is 0.486 e. The predicted molar refractivity (Wildman–Crippen MR) is 66.6 cm³/mol. The minimum Gasteiger partial charge on any atom is -0.486 e. The minimum absolute atomic E-state index is 0.278. The fourth-order valence-electron chi connectivity index (χ4n) is 1.58. The first-order valence-corrected chi connectivity index (χ1v) is 5.60. The SMILES string of the molecule is Cc1ccc(COc2cccc(C)c2F)cc1. The Labute approximate surface area is 101 Å². The third-order valence-corrected chi connectivity index (χ3v) is 2.67. The fraction of sp³-hybridized carbons (Fsp3) is 0.200. The van der Waals surface area contributed by atoms with Crippen LogP contribution in [0.4, 0.5) is 4.39 Å². The average Bonchev–Trinajstić information content (AvgIpc) is 2.33. The molecule has 0 bridgehead atoms. The fourth-order valence-corrected chi connectivity index (χ4v) is 1.58. The van der Waals surface area contributed by atoms with Gasteiger partial charge in [0, 0.05) is 0 Å². The van der Waals surface area contributed by atoms with Gasteiger partial charge in [-0.15, -0.1) is 0 Å². The van der Waals surface area contributed by atoms with Gasteiger partial charge in [-0.2, -0.15) is 0 Å². The Balaban J connectivity index is 2.07. The van der Waals surface area contributed by atoms with Crippen molar-refractivity contribution in [1.82, 2.24) is 0 Å².